The van der Waals surface area contributed by atoms with E-state index >= 15 is 0 Å². The van der Waals surface area contributed by atoms with E-state index in [9.17, 15) is 0 Å². The molecule has 106 valence electrons. The molecule has 0 aliphatic carbocycles. The fourth-order valence-electron chi connectivity index (χ4n) is 2.20. The van der Waals surface area contributed by atoms with Crippen molar-refractivity contribution in [2.75, 3.05) is 12.8 Å². The zero-order valence-electron chi connectivity index (χ0n) is 11.8. The summed E-state index contributed by atoms with van der Waals surface area (Å²) in [5.41, 5.74) is 9.42. The minimum atomic E-state index is 0.538. The number of hydrogen-bond donors (Lipinski definition) is 1. The second-order valence-corrected chi connectivity index (χ2v) is 4.59. The van der Waals surface area contributed by atoms with Gasteiger partial charge in [0.1, 0.15) is 6.33 Å². The van der Waals surface area contributed by atoms with Crippen molar-refractivity contribution >= 4 is 5.69 Å². The Labute approximate surface area is 122 Å². The number of anilines is 1. The van der Waals surface area contributed by atoms with Crippen LogP contribution in [0.5, 0.6) is 5.88 Å². The molecule has 0 atom stereocenters. The topological polar surface area (TPSA) is 78.9 Å². The Morgan fingerprint density at radius 1 is 1.19 bits per heavy atom. The number of nitrogens with two attached hydrogens (primary N) is 1. The van der Waals surface area contributed by atoms with Crippen molar-refractivity contribution in [1.82, 2.24) is 19.7 Å². The maximum Gasteiger partial charge on any atom is 0.221 e. The van der Waals surface area contributed by atoms with Crippen LogP contribution in [-0.4, -0.2) is 26.9 Å². The largest absolute Gasteiger partial charge is 0.481 e. The predicted molar refractivity (Wildman–Crippen MR) is 80.3 cm³/mol. The molecule has 2 aromatic heterocycles. The highest BCUT2D eigenvalue weighted by Crippen LogP contribution is 2.26. The molecule has 0 radical (unpaired) electrons. The van der Waals surface area contributed by atoms with Crippen LogP contribution in [0.4, 0.5) is 5.69 Å². The van der Waals surface area contributed by atoms with E-state index in [2.05, 4.69) is 15.1 Å². The Kier molecular flexibility index (Phi) is 3.27. The van der Waals surface area contributed by atoms with Gasteiger partial charge in [-0.3, -0.25) is 0 Å². The van der Waals surface area contributed by atoms with Crippen LogP contribution in [0.25, 0.3) is 16.9 Å². The first-order chi connectivity index (χ1) is 10.2. The van der Waals surface area contributed by atoms with Crippen LogP contribution in [0.3, 0.4) is 0 Å². The normalized spacial score (nSPS) is 10.6. The average molecular weight is 281 g/mol. The van der Waals surface area contributed by atoms with E-state index in [4.69, 9.17) is 10.5 Å². The molecular formula is C15H15N5O. The number of methoxy groups -OCH3 is 1. The van der Waals surface area contributed by atoms with E-state index in [0.717, 1.165) is 16.7 Å². The van der Waals surface area contributed by atoms with Crippen LogP contribution in [0.1, 0.15) is 5.56 Å². The number of para-hydroxylation sites is 1. The number of ether oxygens (including phenoxy) is 1. The Hall–Kier alpha value is -2.89. The quantitative estimate of drug-likeness (QED) is 0.745. The molecule has 0 bridgehead atoms. The second-order valence-electron chi connectivity index (χ2n) is 4.59. The Bertz CT molecular complexity index is 781. The van der Waals surface area contributed by atoms with Gasteiger partial charge in [-0.15, -0.1) is 0 Å². The fraction of sp³-hybridized carbons (Fsp3) is 0.133. The summed E-state index contributed by atoms with van der Waals surface area (Å²) in [6.07, 6.45) is 5.11. The van der Waals surface area contributed by atoms with Crippen molar-refractivity contribution in [3.8, 4) is 22.8 Å². The molecule has 0 unspecified atom stereocenters. The molecule has 2 heterocycles. The van der Waals surface area contributed by atoms with Gasteiger partial charge in [-0.25, -0.2) is 14.6 Å². The standard InChI is InChI=1S/C15H15N5O/c1-10-14(17-9-18-15(10)21-2)20-8-11(7-19-20)12-5-3-4-6-13(12)16/h3-9H,16H2,1-2H3. The molecular weight excluding hydrogens is 266 g/mol. The highest BCUT2D eigenvalue weighted by Gasteiger charge is 2.11. The zero-order chi connectivity index (χ0) is 14.8. The molecule has 3 aromatic rings. The summed E-state index contributed by atoms with van der Waals surface area (Å²) >= 11 is 0. The molecule has 0 fully saturated rings. The van der Waals surface area contributed by atoms with Crippen LogP contribution in [0.15, 0.2) is 43.0 Å². The molecule has 6 nitrogen and oxygen atoms in total. The summed E-state index contributed by atoms with van der Waals surface area (Å²) in [7, 11) is 1.58. The van der Waals surface area contributed by atoms with Gasteiger partial charge in [0.15, 0.2) is 5.82 Å². The molecule has 0 spiro atoms. The number of aromatic nitrogens is 4. The third-order valence-electron chi connectivity index (χ3n) is 3.28. The van der Waals surface area contributed by atoms with Crippen LogP contribution in [0, 0.1) is 6.92 Å². The third kappa shape index (κ3) is 2.31. The first-order valence-corrected chi connectivity index (χ1v) is 6.46. The SMILES string of the molecule is COc1ncnc(-n2cc(-c3ccccc3N)cn2)c1C. The maximum absolute atomic E-state index is 5.99. The number of benzene rings is 1. The molecule has 21 heavy (non-hydrogen) atoms. The molecule has 3 rings (SSSR count). The number of nitrogen functional groups attached to an aromatic ring is 1. The minimum absolute atomic E-state index is 0.538. The van der Waals surface area contributed by atoms with Crippen molar-refractivity contribution in [2.45, 2.75) is 6.92 Å². The van der Waals surface area contributed by atoms with Crippen molar-refractivity contribution < 1.29 is 4.74 Å². The molecule has 2 N–H and O–H groups in total. The monoisotopic (exact) mass is 281 g/mol. The average Bonchev–Trinajstić information content (AvgIpc) is 2.97. The first-order valence-electron chi connectivity index (χ1n) is 6.46. The zero-order valence-corrected chi connectivity index (χ0v) is 11.8. The molecule has 0 aliphatic heterocycles. The van der Waals surface area contributed by atoms with Crippen LogP contribution >= 0.6 is 0 Å². The molecule has 0 saturated carbocycles. The predicted octanol–water partition coefficient (Wildman–Crippen LogP) is 2.23. The van der Waals surface area contributed by atoms with Crippen LogP contribution in [0.2, 0.25) is 0 Å². The number of hydrogen-bond acceptors (Lipinski definition) is 5. The van der Waals surface area contributed by atoms with E-state index in [1.54, 1.807) is 18.0 Å². The van der Waals surface area contributed by atoms with Gasteiger partial charge in [0.05, 0.1) is 18.9 Å². The second kappa shape index (κ2) is 5.24. The van der Waals surface area contributed by atoms with Gasteiger partial charge in [-0.1, -0.05) is 18.2 Å². The van der Waals surface area contributed by atoms with Crippen molar-refractivity contribution in [2.24, 2.45) is 0 Å². The number of rotatable bonds is 3. The molecule has 0 saturated heterocycles. The fourth-order valence-corrected chi connectivity index (χ4v) is 2.20. The van der Waals surface area contributed by atoms with Gasteiger partial charge in [0.2, 0.25) is 5.88 Å². The Balaban J connectivity index is 2.05. The van der Waals surface area contributed by atoms with Gasteiger partial charge < -0.3 is 10.5 Å². The summed E-state index contributed by atoms with van der Waals surface area (Å²) in [6.45, 7) is 1.90. The molecule has 0 amide bonds. The lowest BCUT2D eigenvalue weighted by Gasteiger charge is -2.07. The lowest BCUT2D eigenvalue weighted by atomic mass is 10.1. The Morgan fingerprint density at radius 2 is 2.00 bits per heavy atom. The van der Waals surface area contributed by atoms with E-state index in [1.165, 1.54) is 6.33 Å². The first kappa shape index (κ1) is 13.1. The highest BCUT2D eigenvalue weighted by atomic mass is 16.5. The van der Waals surface area contributed by atoms with E-state index < -0.39 is 0 Å². The molecule has 6 heteroatoms. The highest BCUT2D eigenvalue weighted by molar-refractivity contribution is 5.75. The van der Waals surface area contributed by atoms with Crippen molar-refractivity contribution in [3.05, 3.63) is 48.5 Å². The number of nitrogens with zero attached hydrogens (tertiary/aromatic N) is 4. The minimum Gasteiger partial charge on any atom is -0.481 e. The van der Waals surface area contributed by atoms with Gasteiger partial charge >= 0.3 is 0 Å². The molecule has 1 aromatic carbocycles. The van der Waals surface area contributed by atoms with Gasteiger partial charge in [0, 0.05) is 23.0 Å². The summed E-state index contributed by atoms with van der Waals surface area (Å²) in [4.78, 5) is 8.33. The summed E-state index contributed by atoms with van der Waals surface area (Å²) in [5, 5.41) is 4.36. The van der Waals surface area contributed by atoms with Crippen molar-refractivity contribution in [1.29, 1.82) is 0 Å². The summed E-state index contributed by atoms with van der Waals surface area (Å²) < 4.78 is 6.90. The van der Waals surface area contributed by atoms with Crippen molar-refractivity contribution in [3.63, 3.8) is 0 Å². The summed E-state index contributed by atoms with van der Waals surface area (Å²) in [5.74, 6) is 1.22. The van der Waals surface area contributed by atoms with E-state index in [-0.39, 0.29) is 0 Å². The van der Waals surface area contributed by atoms with Gasteiger partial charge in [-0.2, -0.15) is 5.10 Å². The summed E-state index contributed by atoms with van der Waals surface area (Å²) in [6, 6.07) is 7.68. The van der Waals surface area contributed by atoms with Crippen LogP contribution < -0.4 is 10.5 Å². The molecule has 0 aliphatic rings. The third-order valence-corrected chi connectivity index (χ3v) is 3.28. The lowest BCUT2D eigenvalue weighted by molar-refractivity contribution is 0.392. The van der Waals surface area contributed by atoms with Gasteiger partial charge in [-0.05, 0) is 13.0 Å². The smallest absolute Gasteiger partial charge is 0.221 e. The van der Waals surface area contributed by atoms with Gasteiger partial charge in [0.25, 0.3) is 0 Å². The maximum atomic E-state index is 5.99. The Morgan fingerprint density at radius 3 is 2.76 bits per heavy atom. The van der Waals surface area contributed by atoms with Crippen LogP contribution in [-0.2, 0) is 0 Å². The van der Waals surface area contributed by atoms with E-state index in [1.807, 2.05) is 37.4 Å². The van der Waals surface area contributed by atoms with E-state index in [0.29, 0.717) is 17.4 Å². The lowest BCUT2D eigenvalue weighted by Crippen LogP contribution is -2.04.